The van der Waals surface area contributed by atoms with Crippen LogP contribution in [-0.4, -0.2) is 55.1 Å². The van der Waals surface area contributed by atoms with E-state index >= 15 is 0 Å². The van der Waals surface area contributed by atoms with Crippen LogP contribution in [0.5, 0.6) is 11.5 Å². The van der Waals surface area contributed by atoms with Crippen molar-refractivity contribution in [1.29, 1.82) is 0 Å². The summed E-state index contributed by atoms with van der Waals surface area (Å²) in [5.74, 6) is 1.98. The number of benzene rings is 1. The SMILES string of the molecule is O=C(CN1CCC[C@H]1c1ccc2c(c1)OCCO2)N1CCCCCCC1. The van der Waals surface area contributed by atoms with E-state index < -0.39 is 0 Å². The molecule has 1 atom stereocenters. The zero-order valence-corrected chi connectivity index (χ0v) is 15.6. The van der Waals surface area contributed by atoms with Gasteiger partial charge in [-0.2, -0.15) is 0 Å². The van der Waals surface area contributed by atoms with Gasteiger partial charge in [0.2, 0.25) is 5.91 Å². The van der Waals surface area contributed by atoms with Crippen LogP contribution in [0.4, 0.5) is 0 Å². The maximum absolute atomic E-state index is 12.9. The van der Waals surface area contributed by atoms with E-state index in [1.165, 1.54) is 24.8 Å². The van der Waals surface area contributed by atoms with Crippen LogP contribution in [0.1, 0.15) is 56.6 Å². The maximum atomic E-state index is 12.9. The average molecular weight is 358 g/mol. The van der Waals surface area contributed by atoms with E-state index in [0.29, 0.717) is 31.7 Å². The van der Waals surface area contributed by atoms with Crippen LogP contribution in [0.25, 0.3) is 0 Å². The number of rotatable bonds is 3. The van der Waals surface area contributed by atoms with E-state index in [-0.39, 0.29) is 0 Å². The van der Waals surface area contributed by atoms with Crippen LogP contribution >= 0.6 is 0 Å². The second-order valence-corrected chi connectivity index (χ2v) is 7.68. The summed E-state index contributed by atoms with van der Waals surface area (Å²) in [6.45, 7) is 4.63. The lowest BCUT2D eigenvalue weighted by molar-refractivity contribution is -0.133. The minimum absolute atomic E-state index is 0.302. The Morgan fingerprint density at radius 3 is 2.46 bits per heavy atom. The number of likely N-dealkylation sites (tertiary alicyclic amines) is 2. The third-order valence-electron chi connectivity index (χ3n) is 5.86. The van der Waals surface area contributed by atoms with Crippen molar-refractivity contribution in [3.63, 3.8) is 0 Å². The molecule has 2 saturated heterocycles. The quantitative estimate of drug-likeness (QED) is 0.831. The molecule has 5 heteroatoms. The summed E-state index contributed by atoms with van der Waals surface area (Å²) in [7, 11) is 0. The third kappa shape index (κ3) is 3.98. The minimum atomic E-state index is 0.302. The highest BCUT2D eigenvalue weighted by Crippen LogP contribution is 2.38. The van der Waals surface area contributed by atoms with Crippen molar-refractivity contribution >= 4 is 5.91 Å². The van der Waals surface area contributed by atoms with Crippen molar-refractivity contribution in [2.24, 2.45) is 0 Å². The highest BCUT2D eigenvalue weighted by Gasteiger charge is 2.30. The zero-order chi connectivity index (χ0) is 17.8. The van der Waals surface area contributed by atoms with Gasteiger partial charge in [-0.15, -0.1) is 0 Å². The molecule has 5 nitrogen and oxygen atoms in total. The molecule has 0 bridgehead atoms. The van der Waals surface area contributed by atoms with Gasteiger partial charge in [-0.1, -0.05) is 25.3 Å². The molecule has 0 saturated carbocycles. The van der Waals surface area contributed by atoms with Crippen molar-refractivity contribution in [3.8, 4) is 11.5 Å². The molecule has 3 aliphatic heterocycles. The molecule has 4 rings (SSSR count). The Balaban J connectivity index is 1.42. The molecule has 2 fully saturated rings. The monoisotopic (exact) mass is 358 g/mol. The van der Waals surface area contributed by atoms with E-state index in [0.717, 1.165) is 56.8 Å². The fourth-order valence-corrected chi connectivity index (χ4v) is 4.43. The van der Waals surface area contributed by atoms with Crippen LogP contribution in [-0.2, 0) is 4.79 Å². The highest BCUT2D eigenvalue weighted by atomic mass is 16.6. The Kier molecular flexibility index (Phi) is 5.63. The summed E-state index contributed by atoms with van der Waals surface area (Å²) in [6, 6.07) is 6.57. The van der Waals surface area contributed by atoms with Crippen LogP contribution in [0, 0.1) is 0 Å². The molecule has 1 aromatic rings. The topological polar surface area (TPSA) is 42.0 Å². The van der Waals surface area contributed by atoms with Crippen molar-refractivity contribution < 1.29 is 14.3 Å². The van der Waals surface area contributed by atoms with E-state index in [1.807, 2.05) is 6.07 Å². The molecule has 0 spiro atoms. The Morgan fingerprint density at radius 1 is 0.923 bits per heavy atom. The fourth-order valence-electron chi connectivity index (χ4n) is 4.43. The molecule has 0 unspecified atom stereocenters. The molecule has 1 amide bonds. The first-order chi connectivity index (χ1) is 12.8. The molecule has 0 aromatic heterocycles. The summed E-state index contributed by atoms with van der Waals surface area (Å²) in [6.07, 6.45) is 8.38. The van der Waals surface area contributed by atoms with Crippen molar-refractivity contribution in [1.82, 2.24) is 9.80 Å². The minimum Gasteiger partial charge on any atom is -0.486 e. The largest absolute Gasteiger partial charge is 0.486 e. The number of carbonyl (C=O) groups is 1. The highest BCUT2D eigenvalue weighted by molar-refractivity contribution is 5.78. The number of hydrogen-bond donors (Lipinski definition) is 0. The first-order valence-electron chi connectivity index (χ1n) is 10.2. The predicted octanol–water partition coefficient (Wildman–Crippen LogP) is 3.39. The van der Waals surface area contributed by atoms with Gasteiger partial charge >= 0.3 is 0 Å². The average Bonchev–Trinajstić information content (AvgIpc) is 3.09. The zero-order valence-electron chi connectivity index (χ0n) is 15.6. The van der Waals surface area contributed by atoms with Gasteiger partial charge < -0.3 is 14.4 Å². The van der Waals surface area contributed by atoms with E-state index in [9.17, 15) is 4.79 Å². The lowest BCUT2D eigenvalue weighted by Gasteiger charge is -2.30. The number of carbonyl (C=O) groups excluding carboxylic acids is 1. The smallest absolute Gasteiger partial charge is 0.236 e. The molecule has 0 radical (unpaired) electrons. The predicted molar refractivity (Wildman–Crippen MR) is 101 cm³/mol. The second-order valence-electron chi connectivity index (χ2n) is 7.68. The number of fused-ring (bicyclic) bond motifs is 1. The molecule has 0 aliphatic carbocycles. The first-order valence-corrected chi connectivity index (χ1v) is 10.2. The first kappa shape index (κ1) is 17.7. The second kappa shape index (κ2) is 8.30. The van der Waals surface area contributed by atoms with Crippen molar-refractivity contribution in [2.75, 3.05) is 39.4 Å². The normalized spacial score (nSPS) is 24.2. The Bertz CT molecular complexity index is 626. The summed E-state index contributed by atoms with van der Waals surface area (Å²) >= 11 is 0. The Hall–Kier alpha value is -1.75. The van der Waals surface area contributed by atoms with Gasteiger partial charge in [0, 0.05) is 19.1 Å². The summed E-state index contributed by atoms with van der Waals surface area (Å²) in [5.41, 5.74) is 1.24. The van der Waals surface area contributed by atoms with Crippen molar-refractivity contribution in [3.05, 3.63) is 23.8 Å². The standard InChI is InChI=1S/C21H30N2O3/c24-21(22-10-4-2-1-3-5-11-22)16-23-12-6-7-18(23)17-8-9-19-20(15-17)26-14-13-25-19/h8-9,15,18H,1-7,10-14,16H2/t18-/m0/s1. The van der Waals surface area contributed by atoms with Gasteiger partial charge in [-0.05, 0) is 49.9 Å². The number of ether oxygens (including phenoxy) is 2. The lowest BCUT2D eigenvalue weighted by Crippen LogP contribution is -2.41. The van der Waals surface area contributed by atoms with Crippen LogP contribution < -0.4 is 9.47 Å². The van der Waals surface area contributed by atoms with E-state index in [2.05, 4.69) is 21.9 Å². The molecular formula is C21H30N2O3. The lowest BCUT2D eigenvalue weighted by atomic mass is 10.0. The van der Waals surface area contributed by atoms with Gasteiger partial charge in [0.15, 0.2) is 11.5 Å². The van der Waals surface area contributed by atoms with Gasteiger partial charge in [0.05, 0.1) is 6.54 Å². The van der Waals surface area contributed by atoms with Gasteiger partial charge in [-0.3, -0.25) is 9.69 Å². The van der Waals surface area contributed by atoms with Crippen LogP contribution in [0.2, 0.25) is 0 Å². The maximum Gasteiger partial charge on any atom is 0.236 e. The van der Waals surface area contributed by atoms with Gasteiger partial charge in [0.1, 0.15) is 13.2 Å². The third-order valence-corrected chi connectivity index (χ3v) is 5.86. The molecule has 0 N–H and O–H groups in total. The number of hydrogen-bond acceptors (Lipinski definition) is 4. The molecule has 26 heavy (non-hydrogen) atoms. The number of nitrogens with zero attached hydrogens (tertiary/aromatic N) is 2. The van der Waals surface area contributed by atoms with Gasteiger partial charge in [0.25, 0.3) is 0 Å². The Morgan fingerprint density at radius 2 is 1.65 bits per heavy atom. The number of amides is 1. The molecule has 3 heterocycles. The fraction of sp³-hybridized carbons (Fsp3) is 0.667. The summed E-state index contributed by atoms with van der Waals surface area (Å²) < 4.78 is 11.4. The summed E-state index contributed by atoms with van der Waals surface area (Å²) in [4.78, 5) is 17.3. The van der Waals surface area contributed by atoms with Crippen molar-refractivity contribution in [2.45, 2.75) is 51.0 Å². The van der Waals surface area contributed by atoms with Gasteiger partial charge in [-0.25, -0.2) is 0 Å². The Labute approximate surface area is 156 Å². The summed E-state index contributed by atoms with van der Waals surface area (Å²) in [5, 5.41) is 0. The molecular weight excluding hydrogens is 328 g/mol. The van der Waals surface area contributed by atoms with E-state index in [1.54, 1.807) is 0 Å². The van der Waals surface area contributed by atoms with E-state index in [4.69, 9.17) is 9.47 Å². The molecule has 1 aromatic carbocycles. The van der Waals surface area contributed by atoms with Crippen LogP contribution in [0.3, 0.4) is 0 Å². The molecule has 142 valence electrons. The van der Waals surface area contributed by atoms with Crippen LogP contribution in [0.15, 0.2) is 18.2 Å². The molecule has 3 aliphatic rings.